The van der Waals surface area contributed by atoms with E-state index in [0.29, 0.717) is 5.95 Å². The molecule has 138 valence electrons. The van der Waals surface area contributed by atoms with Crippen molar-refractivity contribution in [1.29, 1.82) is 0 Å². The molecular weight excluding hydrogens is 355 g/mol. The second-order valence-corrected chi connectivity index (χ2v) is 6.28. The summed E-state index contributed by atoms with van der Waals surface area (Å²) in [5, 5.41) is 0. The monoisotopic (exact) mass is 371 g/mol. The minimum atomic E-state index is -4.70. The Balaban J connectivity index is 1.48. The normalized spacial score (nSPS) is 14.0. The first-order valence-corrected chi connectivity index (χ1v) is 8.48. The molecule has 0 saturated heterocycles. The van der Waals surface area contributed by atoms with Crippen molar-refractivity contribution in [2.45, 2.75) is 19.3 Å². The first kappa shape index (κ1) is 17.3. The number of aromatic nitrogens is 2. The first-order valence-electron chi connectivity index (χ1n) is 8.48. The molecule has 27 heavy (non-hydrogen) atoms. The number of benzene rings is 2. The van der Waals surface area contributed by atoms with E-state index >= 15 is 0 Å². The molecule has 0 N–H and O–H groups in total. The first-order chi connectivity index (χ1) is 13.0. The van der Waals surface area contributed by atoms with Crippen molar-refractivity contribution >= 4 is 5.95 Å². The van der Waals surface area contributed by atoms with E-state index in [1.807, 2.05) is 12.1 Å². The van der Waals surface area contributed by atoms with E-state index in [1.165, 1.54) is 23.3 Å². The van der Waals surface area contributed by atoms with Crippen LogP contribution in [-0.2, 0) is 13.0 Å². The van der Waals surface area contributed by atoms with Crippen molar-refractivity contribution in [2.24, 2.45) is 0 Å². The number of rotatable bonds is 3. The predicted molar refractivity (Wildman–Crippen MR) is 95.3 cm³/mol. The summed E-state index contributed by atoms with van der Waals surface area (Å²) in [6.07, 6.45) is -0.383. The van der Waals surface area contributed by atoms with Gasteiger partial charge in [-0.05, 0) is 35.2 Å². The summed E-state index contributed by atoms with van der Waals surface area (Å²) in [7, 11) is 0. The molecule has 0 saturated carbocycles. The highest BCUT2D eigenvalue weighted by Gasteiger charge is 2.31. The van der Waals surface area contributed by atoms with Crippen molar-refractivity contribution in [3.8, 4) is 16.9 Å². The summed E-state index contributed by atoms with van der Waals surface area (Å²) in [6.45, 7) is 1.61. The van der Waals surface area contributed by atoms with E-state index in [4.69, 9.17) is 0 Å². The maximum absolute atomic E-state index is 12.2. The topological polar surface area (TPSA) is 38.2 Å². The maximum atomic E-state index is 12.2. The largest absolute Gasteiger partial charge is 0.573 e. The molecule has 3 aromatic rings. The highest BCUT2D eigenvalue weighted by atomic mass is 19.4. The Labute approximate surface area is 154 Å². The Morgan fingerprint density at radius 1 is 0.852 bits per heavy atom. The molecule has 0 amide bonds. The third-order valence-corrected chi connectivity index (χ3v) is 4.47. The van der Waals surface area contributed by atoms with Crippen molar-refractivity contribution in [1.82, 2.24) is 9.97 Å². The Bertz CT molecular complexity index is 924. The zero-order valence-electron chi connectivity index (χ0n) is 14.3. The summed E-state index contributed by atoms with van der Waals surface area (Å²) >= 11 is 0. The second-order valence-electron chi connectivity index (χ2n) is 6.28. The van der Waals surface area contributed by atoms with Gasteiger partial charge in [-0.3, -0.25) is 0 Å². The summed E-state index contributed by atoms with van der Waals surface area (Å²) in [6, 6.07) is 14.0. The van der Waals surface area contributed by atoms with Crippen LogP contribution in [0.3, 0.4) is 0 Å². The Morgan fingerprint density at radius 2 is 1.52 bits per heavy atom. The van der Waals surface area contributed by atoms with E-state index in [1.54, 1.807) is 24.5 Å². The Morgan fingerprint density at radius 3 is 2.19 bits per heavy atom. The van der Waals surface area contributed by atoms with E-state index in [0.717, 1.165) is 30.6 Å². The highest BCUT2D eigenvalue weighted by Crippen LogP contribution is 2.27. The fraction of sp³-hybridized carbons (Fsp3) is 0.200. The van der Waals surface area contributed by atoms with Crippen LogP contribution in [0, 0.1) is 0 Å². The maximum Gasteiger partial charge on any atom is 0.573 e. The lowest BCUT2D eigenvalue weighted by atomic mass is 10.0. The van der Waals surface area contributed by atoms with Gasteiger partial charge in [-0.15, -0.1) is 13.2 Å². The number of hydrogen-bond acceptors (Lipinski definition) is 4. The minimum absolute atomic E-state index is 0.254. The third-order valence-electron chi connectivity index (χ3n) is 4.47. The summed E-state index contributed by atoms with van der Waals surface area (Å²) < 4.78 is 40.6. The highest BCUT2D eigenvalue weighted by molar-refractivity contribution is 5.63. The molecule has 0 spiro atoms. The molecule has 0 fully saturated rings. The van der Waals surface area contributed by atoms with Crippen molar-refractivity contribution in [2.75, 3.05) is 11.4 Å². The zero-order chi connectivity index (χ0) is 18.9. The van der Waals surface area contributed by atoms with Crippen LogP contribution < -0.4 is 9.64 Å². The van der Waals surface area contributed by atoms with Crippen LogP contribution in [0.5, 0.6) is 5.75 Å². The fourth-order valence-corrected chi connectivity index (χ4v) is 3.15. The van der Waals surface area contributed by atoms with Crippen molar-refractivity contribution < 1.29 is 17.9 Å². The lowest BCUT2D eigenvalue weighted by molar-refractivity contribution is -0.274. The van der Waals surface area contributed by atoms with E-state index in [-0.39, 0.29) is 5.75 Å². The van der Waals surface area contributed by atoms with E-state index < -0.39 is 6.36 Å². The summed E-state index contributed by atoms with van der Waals surface area (Å²) in [4.78, 5) is 11.0. The number of halogens is 3. The van der Waals surface area contributed by atoms with Gasteiger partial charge >= 0.3 is 6.36 Å². The number of alkyl halides is 3. The number of anilines is 1. The van der Waals surface area contributed by atoms with Gasteiger partial charge in [0.15, 0.2) is 0 Å². The number of nitrogens with zero attached hydrogens (tertiary/aromatic N) is 3. The lowest BCUT2D eigenvalue weighted by Crippen LogP contribution is -2.31. The van der Waals surface area contributed by atoms with Gasteiger partial charge in [-0.2, -0.15) is 0 Å². The molecule has 0 bridgehead atoms. The summed E-state index contributed by atoms with van der Waals surface area (Å²) in [5.74, 6) is 0.390. The van der Waals surface area contributed by atoms with Gasteiger partial charge in [-0.1, -0.05) is 36.4 Å². The average Bonchev–Trinajstić information content (AvgIpc) is 2.67. The van der Waals surface area contributed by atoms with Crippen molar-refractivity contribution in [3.63, 3.8) is 0 Å². The molecule has 4 rings (SSSR count). The van der Waals surface area contributed by atoms with Gasteiger partial charge in [0.05, 0.1) is 0 Å². The molecule has 2 heterocycles. The standard InChI is InChI=1S/C20H16F3N3O/c21-20(22,23)27-18-7-5-15(6-8-18)17-11-24-19(25-12-17)26-10-9-14-3-1-2-4-16(14)13-26/h1-8,11-12H,9-10,13H2. The molecule has 1 aliphatic rings. The van der Waals surface area contributed by atoms with Gasteiger partial charge in [-0.25, -0.2) is 9.97 Å². The summed E-state index contributed by atoms with van der Waals surface area (Å²) in [5.41, 5.74) is 4.08. The molecular formula is C20H16F3N3O. The lowest BCUT2D eigenvalue weighted by Gasteiger charge is -2.28. The van der Waals surface area contributed by atoms with Crippen LogP contribution in [-0.4, -0.2) is 22.9 Å². The Kier molecular flexibility index (Phi) is 4.43. The van der Waals surface area contributed by atoms with Crippen LogP contribution >= 0.6 is 0 Å². The Hall–Kier alpha value is -3.09. The van der Waals surface area contributed by atoms with Gasteiger partial charge in [0.25, 0.3) is 0 Å². The third kappa shape index (κ3) is 4.02. The van der Waals surface area contributed by atoms with Crippen LogP contribution in [0.1, 0.15) is 11.1 Å². The van der Waals surface area contributed by atoms with Crippen molar-refractivity contribution in [3.05, 3.63) is 72.1 Å². The van der Waals surface area contributed by atoms with Gasteiger partial charge < -0.3 is 9.64 Å². The second kappa shape index (κ2) is 6.90. The SMILES string of the molecule is FC(F)(F)Oc1ccc(-c2cnc(N3CCc4ccccc4C3)nc2)cc1. The number of hydrogen-bond donors (Lipinski definition) is 0. The van der Waals surface area contributed by atoms with Gasteiger partial charge in [0, 0.05) is 31.0 Å². The molecule has 0 unspecified atom stereocenters. The van der Waals surface area contributed by atoms with Crippen LogP contribution in [0.2, 0.25) is 0 Å². The van der Waals surface area contributed by atoms with Gasteiger partial charge in [0.1, 0.15) is 5.75 Å². The molecule has 0 aliphatic carbocycles. The molecule has 0 radical (unpaired) electrons. The number of ether oxygens (including phenoxy) is 1. The quantitative estimate of drug-likeness (QED) is 0.674. The van der Waals surface area contributed by atoms with E-state index in [2.05, 4.69) is 31.7 Å². The molecule has 1 aromatic heterocycles. The molecule has 1 aliphatic heterocycles. The average molecular weight is 371 g/mol. The smallest absolute Gasteiger partial charge is 0.406 e. The molecule has 7 heteroatoms. The molecule has 2 aromatic carbocycles. The number of fused-ring (bicyclic) bond motifs is 1. The molecule has 0 atom stereocenters. The minimum Gasteiger partial charge on any atom is -0.406 e. The molecule has 4 nitrogen and oxygen atoms in total. The van der Waals surface area contributed by atoms with Crippen LogP contribution in [0.15, 0.2) is 60.9 Å². The van der Waals surface area contributed by atoms with Crippen LogP contribution in [0.4, 0.5) is 19.1 Å². The van der Waals surface area contributed by atoms with Crippen LogP contribution in [0.25, 0.3) is 11.1 Å². The zero-order valence-corrected chi connectivity index (χ0v) is 14.3. The predicted octanol–water partition coefficient (Wildman–Crippen LogP) is 4.60. The van der Waals surface area contributed by atoms with E-state index in [9.17, 15) is 13.2 Å². The fourth-order valence-electron chi connectivity index (χ4n) is 3.15. The van der Waals surface area contributed by atoms with Gasteiger partial charge in [0.2, 0.25) is 5.95 Å².